The summed E-state index contributed by atoms with van der Waals surface area (Å²) in [6, 6.07) is 17.7. The minimum absolute atomic E-state index is 0.0318. The van der Waals surface area contributed by atoms with Crippen LogP contribution in [0.1, 0.15) is 56.0 Å². The van der Waals surface area contributed by atoms with Gasteiger partial charge >= 0.3 is 12.1 Å². The van der Waals surface area contributed by atoms with Crippen LogP contribution in [0.5, 0.6) is 0 Å². The number of esters is 1. The number of hydrogen-bond donors (Lipinski definition) is 1. The molecule has 0 spiro atoms. The predicted octanol–water partition coefficient (Wildman–Crippen LogP) is 5.32. The van der Waals surface area contributed by atoms with Crippen LogP contribution in [-0.2, 0) is 36.9 Å². The number of benzene rings is 2. The van der Waals surface area contributed by atoms with Gasteiger partial charge in [-0.2, -0.15) is 0 Å². The van der Waals surface area contributed by atoms with Crippen molar-refractivity contribution < 1.29 is 28.7 Å². The second-order valence-corrected chi connectivity index (χ2v) is 11.8. The van der Waals surface area contributed by atoms with Crippen molar-refractivity contribution in [2.24, 2.45) is 5.92 Å². The van der Waals surface area contributed by atoms with Gasteiger partial charge in [-0.3, -0.25) is 19.8 Å². The highest BCUT2D eigenvalue weighted by molar-refractivity contribution is 7.15. The molecule has 2 heterocycles. The number of carbonyl (C=O) groups excluding carboxylic acids is 4. The summed E-state index contributed by atoms with van der Waals surface area (Å²) in [4.78, 5) is 57.8. The van der Waals surface area contributed by atoms with E-state index >= 15 is 0 Å². The molecule has 0 radical (unpaired) electrons. The quantitative estimate of drug-likeness (QED) is 0.277. The van der Waals surface area contributed by atoms with Crippen LogP contribution in [0, 0.1) is 5.92 Å². The lowest BCUT2D eigenvalue weighted by atomic mass is 9.83. The number of β-lactam (4-membered cyclic amide) rings is 1. The van der Waals surface area contributed by atoms with E-state index in [0.29, 0.717) is 10.0 Å². The first kappa shape index (κ1) is 28.9. The summed E-state index contributed by atoms with van der Waals surface area (Å²) in [6.07, 6.45) is 1.16. The molecular weight excluding hydrogens is 530 g/mol. The third kappa shape index (κ3) is 7.32. The number of carbonyl (C=O) groups is 4. The van der Waals surface area contributed by atoms with Crippen LogP contribution in [0.25, 0.3) is 0 Å². The topological polar surface area (TPSA) is 115 Å². The molecule has 3 aromatic rings. The number of thiazole rings is 1. The van der Waals surface area contributed by atoms with E-state index < -0.39 is 41.4 Å². The van der Waals surface area contributed by atoms with Crippen LogP contribution in [0.2, 0.25) is 0 Å². The highest BCUT2D eigenvalue weighted by atomic mass is 32.1. The molecule has 9 nitrogen and oxygen atoms in total. The Balaban J connectivity index is 1.46. The second kappa shape index (κ2) is 12.4. The van der Waals surface area contributed by atoms with E-state index in [-0.39, 0.29) is 25.4 Å². The van der Waals surface area contributed by atoms with Crippen molar-refractivity contribution in [3.8, 4) is 0 Å². The Morgan fingerprint density at radius 2 is 1.70 bits per heavy atom. The fourth-order valence-corrected chi connectivity index (χ4v) is 5.29. The Bertz CT molecular complexity index is 1350. The highest BCUT2D eigenvalue weighted by Gasteiger charge is 2.55. The molecule has 2 aromatic carbocycles. The van der Waals surface area contributed by atoms with Gasteiger partial charge in [-0.15, -0.1) is 11.3 Å². The first-order chi connectivity index (χ1) is 19.0. The van der Waals surface area contributed by atoms with Crippen molar-refractivity contribution in [1.29, 1.82) is 0 Å². The number of nitrogens with one attached hydrogen (secondary N) is 1. The summed E-state index contributed by atoms with van der Waals surface area (Å²) in [5.41, 5.74) is 1.11. The lowest BCUT2D eigenvalue weighted by Crippen LogP contribution is -2.67. The third-order valence-electron chi connectivity index (χ3n) is 6.38. The van der Waals surface area contributed by atoms with E-state index in [1.807, 2.05) is 67.6 Å². The van der Waals surface area contributed by atoms with Crippen LogP contribution in [0.15, 0.2) is 66.9 Å². The molecule has 1 aliphatic rings. The molecule has 3 amide bonds. The standard InChI is InChI=1S/C30H33N3O6S/c1-19(21-13-9-6-10-14-21)15-24(34)33-25(27(36)38-18-20-11-7-5-8-12-20)23(26(33)35)16-22-17-31-28(40-22)32-29(37)39-30(2,3)4/h5-14,17,19,23,25H,15-16,18H2,1-4H3,(H,31,32,37)/t19-,23+,25-/m0/s1. The number of aromatic nitrogens is 1. The van der Waals surface area contributed by atoms with Crippen LogP contribution in [-0.4, -0.2) is 45.4 Å². The first-order valence-corrected chi connectivity index (χ1v) is 13.9. The summed E-state index contributed by atoms with van der Waals surface area (Å²) in [6.45, 7) is 7.21. The van der Waals surface area contributed by atoms with Gasteiger partial charge < -0.3 is 9.47 Å². The molecule has 40 heavy (non-hydrogen) atoms. The average Bonchev–Trinajstić information content (AvgIpc) is 3.35. The Morgan fingerprint density at radius 3 is 2.35 bits per heavy atom. The maximum atomic E-state index is 13.3. The molecule has 0 bridgehead atoms. The van der Waals surface area contributed by atoms with Gasteiger partial charge in [0.25, 0.3) is 0 Å². The molecule has 1 aromatic heterocycles. The van der Waals surface area contributed by atoms with E-state index in [9.17, 15) is 19.2 Å². The van der Waals surface area contributed by atoms with Crippen molar-refractivity contribution in [3.63, 3.8) is 0 Å². The molecule has 1 fully saturated rings. The zero-order valence-electron chi connectivity index (χ0n) is 23.0. The van der Waals surface area contributed by atoms with Gasteiger partial charge in [0.1, 0.15) is 18.2 Å². The lowest BCUT2D eigenvalue weighted by Gasteiger charge is -2.44. The van der Waals surface area contributed by atoms with Crippen molar-refractivity contribution in [3.05, 3.63) is 82.9 Å². The van der Waals surface area contributed by atoms with E-state index in [0.717, 1.165) is 16.0 Å². The second-order valence-electron chi connectivity index (χ2n) is 10.7. The Morgan fingerprint density at radius 1 is 1.05 bits per heavy atom. The molecule has 0 unspecified atom stereocenters. The van der Waals surface area contributed by atoms with Crippen molar-refractivity contribution in [1.82, 2.24) is 9.88 Å². The fraction of sp³-hybridized carbons (Fsp3) is 0.367. The normalized spacial score (nSPS) is 17.5. The molecule has 210 valence electrons. The number of ether oxygens (including phenoxy) is 2. The number of hydrogen-bond acceptors (Lipinski definition) is 8. The maximum Gasteiger partial charge on any atom is 0.413 e. The van der Waals surface area contributed by atoms with Gasteiger partial charge in [-0.05, 0) is 44.2 Å². The molecule has 3 atom stereocenters. The third-order valence-corrected chi connectivity index (χ3v) is 7.32. The molecule has 0 aliphatic carbocycles. The Labute approximate surface area is 237 Å². The minimum Gasteiger partial charge on any atom is -0.459 e. The smallest absolute Gasteiger partial charge is 0.413 e. The SMILES string of the molecule is C[C@@H](CC(=O)N1C(=O)[C@H](Cc2cnc(NC(=O)OC(C)(C)C)s2)[C@H]1C(=O)OCc1ccccc1)c1ccccc1. The fourth-order valence-electron chi connectivity index (χ4n) is 4.44. The summed E-state index contributed by atoms with van der Waals surface area (Å²) in [7, 11) is 0. The molecule has 1 N–H and O–H groups in total. The van der Waals surface area contributed by atoms with E-state index in [4.69, 9.17) is 9.47 Å². The number of likely N-dealkylation sites (tertiary alicyclic amines) is 1. The molecule has 10 heteroatoms. The van der Waals surface area contributed by atoms with Crippen molar-refractivity contribution in [2.75, 3.05) is 5.32 Å². The molecule has 1 saturated heterocycles. The molecule has 1 aliphatic heterocycles. The van der Waals surface area contributed by atoms with Gasteiger partial charge in [0.15, 0.2) is 5.13 Å². The maximum absolute atomic E-state index is 13.3. The van der Waals surface area contributed by atoms with Gasteiger partial charge in [0.2, 0.25) is 11.8 Å². The van der Waals surface area contributed by atoms with Crippen molar-refractivity contribution in [2.45, 2.75) is 64.7 Å². The largest absolute Gasteiger partial charge is 0.459 e. The number of imide groups is 1. The van der Waals surface area contributed by atoms with E-state index in [1.54, 1.807) is 27.0 Å². The monoisotopic (exact) mass is 563 g/mol. The number of anilines is 1. The van der Waals surface area contributed by atoms with E-state index in [1.165, 1.54) is 11.3 Å². The minimum atomic E-state index is -1.05. The molecule has 4 rings (SSSR count). The van der Waals surface area contributed by atoms with E-state index in [2.05, 4.69) is 10.3 Å². The number of rotatable bonds is 9. The summed E-state index contributed by atoms with van der Waals surface area (Å²) < 4.78 is 10.8. The first-order valence-electron chi connectivity index (χ1n) is 13.1. The van der Waals surface area contributed by atoms with Crippen LogP contribution in [0.3, 0.4) is 0 Å². The lowest BCUT2D eigenvalue weighted by molar-refractivity contribution is -0.180. The zero-order valence-corrected chi connectivity index (χ0v) is 23.8. The van der Waals surface area contributed by atoms with Gasteiger partial charge in [-0.25, -0.2) is 14.6 Å². The van der Waals surface area contributed by atoms with Gasteiger partial charge in [0, 0.05) is 17.5 Å². The summed E-state index contributed by atoms with van der Waals surface area (Å²) in [5.74, 6) is -2.40. The summed E-state index contributed by atoms with van der Waals surface area (Å²) in [5, 5.41) is 2.89. The van der Waals surface area contributed by atoms with Gasteiger partial charge in [0.05, 0.1) is 5.92 Å². The number of nitrogens with zero attached hydrogens (tertiary/aromatic N) is 2. The van der Waals surface area contributed by atoms with Crippen LogP contribution in [0.4, 0.5) is 9.93 Å². The zero-order chi connectivity index (χ0) is 28.9. The molecule has 0 saturated carbocycles. The van der Waals surface area contributed by atoms with Crippen LogP contribution < -0.4 is 5.32 Å². The Hall–Kier alpha value is -4.05. The average molecular weight is 564 g/mol. The van der Waals surface area contributed by atoms with Gasteiger partial charge in [-0.1, -0.05) is 67.6 Å². The Kier molecular flexibility index (Phi) is 8.99. The molecular formula is C30H33N3O6S. The van der Waals surface area contributed by atoms with Crippen LogP contribution >= 0.6 is 11.3 Å². The summed E-state index contributed by atoms with van der Waals surface area (Å²) >= 11 is 1.18. The highest BCUT2D eigenvalue weighted by Crippen LogP contribution is 2.35. The number of amides is 3. The van der Waals surface area contributed by atoms with Crippen molar-refractivity contribution >= 4 is 40.3 Å². The predicted molar refractivity (Wildman–Crippen MR) is 151 cm³/mol.